The van der Waals surface area contributed by atoms with E-state index in [1.807, 2.05) is 58.9 Å². The second-order valence-electron chi connectivity index (χ2n) is 9.26. The molecule has 0 saturated heterocycles. The minimum Gasteiger partial charge on any atom is -0.467 e. The number of hydrogen-bond donors (Lipinski definition) is 0. The molecule has 7 nitrogen and oxygen atoms in total. The Labute approximate surface area is 190 Å². The molecule has 1 aliphatic rings. The molecular weight excluding hydrogens is 428 g/mol. The normalized spacial score (nSPS) is 15.8. The summed E-state index contributed by atoms with van der Waals surface area (Å²) in [5, 5.41) is 0. The lowest BCUT2D eigenvalue weighted by atomic mass is 9.87. The van der Waals surface area contributed by atoms with E-state index in [4.69, 9.17) is 14.5 Å². The number of aryl methyl sites for hydroxylation is 2. The fraction of sp³-hybridized carbons (Fsp3) is 0.500. The molecule has 0 aliphatic carbocycles. The number of nitrogens with zero attached hydrogens (tertiary/aromatic N) is 2. The molecule has 1 aromatic carbocycles. The average molecular weight is 461 g/mol. The van der Waals surface area contributed by atoms with Crippen LogP contribution in [-0.4, -0.2) is 49.2 Å². The molecule has 0 amide bonds. The first kappa shape index (κ1) is 24.4. The Morgan fingerprint density at radius 1 is 1.16 bits per heavy atom. The van der Waals surface area contributed by atoms with Crippen molar-refractivity contribution < 1.29 is 22.7 Å². The Balaban J connectivity index is 2.33. The summed E-state index contributed by atoms with van der Waals surface area (Å²) >= 11 is 0. The lowest BCUT2D eigenvalue weighted by Gasteiger charge is -2.33. The van der Waals surface area contributed by atoms with Crippen LogP contribution in [0.3, 0.4) is 0 Å². The van der Waals surface area contributed by atoms with Gasteiger partial charge in [-0.1, -0.05) is 29.8 Å². The lowest BCUT2D eigenvalue weighted by Crippen LogP contribution is -2.37. The van der Waals surface area contributed by atoms with Gasteiger partial charge < -0.3 is 9.47 Å². The Hall–Kier alpha value is -2.29. The van der Waals surface area contributed by atoms with Gasteiger partial charge in [0.25, 0.3) is 0 Å². The first-order valence-corrected chi connectivity index (χ1v) is 12.5. The van der Waals surface area contributed by atoms with Crippen molar-refractivity contribution >= 4 is 16.0 Å². The molecule has 1 aromatic heterocycles. The third-order valence-corrected chi connectivity index (χ3v) is 6.75. The molecule has 2 aromatic rings. The van der Waals surface area contributed by atoms with Crippen LogP contribution in [0.5, 0.6) is 0 Å². The van der Waals surface area contributed by atoms with Crippen molar-refractivity contribution in [3.63, 3.8) is 0 Å². The highest BCUT2D eigenvalue weighted by atomic mass is 32.2. The van der Waals surface area contributed by atoms with Crippen molar-refractivity contribution in [1.29, 1.82) is 0 Å². The van der Waals surface area contributed by atoms with Crippen molar-refractivity contribution in [2.24, 2.45) is 0 Å². The molecular formula is C24H32N2O5S. The van der Waals surface area contributed by atoms with Gasteiger partial charge in [-0.15, -0.1) is 0 Å². The summed E-state index contributed by atoms with van der Waals surface area (Å²) in [4.78, 5) is 17.7. The van der Waals surface area contributed by atoms with Gasteiger partial charge in [0.05, 0.1) is 19.0 Å². The van der Waals surface area contributed by atoms with Crippen molar-refractivity contribution in [1.82, 2.24) is 9.29 Å². The Kier molecular flexibility index (Phi) is 6.79. The minimum atomic E-state index is -3.38. The van der Waals surface area contributed by atoms with E-state index >= 15 is 0 Å². The standard InChI is InChI=1S/C24H32N2O5S/c1-15-8-10-17(11-9-15)21-18-14-26(32(7,28)29)13-12-19(18)25-16(2)20(21)22(23(27)30-6)31-24(3,4)5/h8-11,22H,12-14H2,1-7H3. The largest absolute Gasteiger partial charge is 0.467 e. The number of esters is 1. The number of fused-ring (bicyclic) bond motifs is 1. The summed E-state index contributed by atoms with van der Waals surface area (Å²) in [6.45, 7) is 10.1. The van der Waals surface area contributed by atoms with Crippen LogP contribution in [0.4, 0.5) is 0 Å². The number of carbonyl (C=O) groups excluding carboxylic acids is 1. The smallest absolute Gasteiger partial charge is 0.339 e. The van der Waals surface area contributed by atoms with Crippen LogP contribution < -0.4 is 0 Å². The third-order valence-electron chi connectivity index (χ3n) is 5.50. The predicted octanol–water partition coefficient (Wildman–Crippen LogP) is 3.71. The van der Waals surface area contributed by atoms with E-state index in [0.717, 1.165) is 27.9 Å². The van der Waals surface area contributed by atoms with Crippen LogP contribution in [-0.2, 0) is 37.3 Å². The number of aromatic nitrogens is 1. The molecule has 0 saturated carbocycles. The number of benzene rings is 1. The number of rotatable bonds is 5. The first-order valence-electron chi connectivity index (χ1n) is 10.6. The van der Waals surface area contributed by atoms with Gasteiger partial charge in [-0.05, 0) is 51.3 Å². The van der Waals surface area contributed by atoms with Crippen LogP contribution in [0.15, 0.2) is 24.3 Å². The summed E-state index contributed by atoms with van der Waals surface area (Å²) in [5.41, 5.74) is 5.10. The van der Waals surface area contributed by atoms with Crippen molar-refractivity contribution in [3.05, 3.63) is 52.3 Å². The van der Waals surface area contributed by atoms with Gasteiger partial charge in [0.15, 0.2) is 6.10 Å². The van der Waals surface area contributed by atoms with Crippen molar-refractivity contribution in [3.8, 4) is 11.1 Å². The minimum absolute atomic E-state index is 0.196. The van der Waals surface area contributed by atoms with E-state index in [9.17, 15) is 13.2 Å². The molecule has 0 radical (unpaired) electrons. The molecule has 32 heavy (non-hydrogen) atoms. The van der Waals surface area contributed by atoms with E-state index in [2.05, 4.69) is 0 Å². The topological polar surface area (TPSA) is 85.8 Å². The van der Waals surface area contributed by atoms with E-state index in [0.29, 0.717) is 24.2 Å². The molecule has 8 heteroatoms. The van der Waals surface area contributed by atoms with Crippen LogP contribution in [0, 0.1) is 13.8 Å². The number of sulfonamides is 1. The number of methoxy groups -OCH3 is 1. The molecule has 3 rings (SSSR count). The molecule has 1 unspecified atom stereocenters. The Bertz CT molecular complexity index is 1120. The summed E-state index contributed by atoms with van der Waals surface area (Å²) in [5.74, 6) is -0.520. The predicted molar refractivity (Wildman–Crippen MR) is 124 cm³/mol. The Morgan fingerprint density at radius 3 is 2.31 bits per heavy atom. The average Bonchev–Trinajstić information content (AvgIpc) is 2.69. The maximum Gasteiger partial charge on any atom is 0.339 e. The van der Waals surface area contributed by atoms with Crippen LogP contribution in [0.2, 0.25) is 0 Å². The van der Waals surface area contributed by atoms with E-state index < -0.39 is 27.7 Å². The number of pyridine rings is 1. The van der Waals surface area contributed by atoms with Gasteiger partial charge in [0, 0.05) is 36.5 Å². The highest BCUT2D eigenvalue weighted by Crippen LogP contribution is 2.40. The molecule has 174 valence electrons. The zero-order valence-corrected chi connectivity index (χ0v) is 20.7. The zero-order valence-electron chi connectivity index (χ0n) is 19.9. The molecule has 0 bridgehead atoms. The van der Waals surface area contributed by atoms with Crippen LogP contribution in [0.1, 0.15) is 55.0 Å². The first-order chi connectivity index (χ1) is 14.8. The molecule has 0 N–H and O–H groups in total. The number of carbonyl (C=O) groups is 1. The number of hydrogen-bond acceptors (Lipinski definition) is 6. The van der Waals surface area contributed by atoms with Crippen LogP contribution >= 0.6 is 0 Å². The monoisotopic (exact) mass is 460 g/mol. The van der Waals surface area contributed by atoms with Crippen LogP contribution in [0.25, 0.3) is 11.1 Å². The fourth-order valence-electron chi connectivity index (χ4n) is 4.02. The molecule has 2 heterocycles. The lowest BCUT2D eigenvalue weighted by molar-refractivity contribution is -0.164. The van der Waals surface area contributed by atoms with Gasteiger partial charge in [-0.25, -0.2) is 13.2 Å². The second-order valence-corrected chi connectivity index (χ2v) is 11.2. The highest BCUT2D eigenvalue weighted by Gasteiger charge is 2.36. The summed E-state index contributed by atoms with van der Waals surface area (Å²) < 4.78 is 37.4. The van der Waals surface area contributed by atoms with E-state index in [1.165, 1.54) is 17.7 Å². The molecule has 0 fully saturated rings. The number of ether oxygens (including phenoxy) is 2. The second kappa shape index (κ2) is 8.92. The third kappa shape index (κ3) is 5.19. The van der Waals surface area contributed by atoms with Gasteiger partial charge in [0.2, 0.25) is 10.0 Å². The highest BCUT2D eigenvalue weighted by molar-refractivity contribution is 7.88. The molecule has 1 atom stereocenters. The SMILES string of the molecule is COC(=O)C(OC(C)(C)C)c1c(C)nc2c(c1-c1ccc(C)cc1)CN(S(C)(=O)=O)CC2. The zero-order chi connectivity index (χ0) is 23.8. The van der Waals surface area contributed by atoms with Gasteiger partial charge in [-0.2, -0.15) is 4.31 Å². The maximum atomic E-state index is 12.9. The molecule has 0 spiro atoms. The summed E-state index contributed by atoms with van der Waals surface area (Å²) in [7, 11) is -2.05. The van der Waals surface area contributed by atoms with E-state index in [1.54, 1.807) is 0 Å². The molecule has 1 aliphatic heterocycles. The van der Waals surface area contributed by atoms with Gasteiger partial charge >= 0.3 is 5.97 Å². The van der Waals surface area contributed by atoms with Crippen molar-refractivity contribution in [2.45, 2.75) is 59.3 Å². The summed E-state index contributed by atoms with van der Waals surface area (Å²) in [6.07, 6.45) is 0.722. The van der Waals surface area contributed by atoms with Gasteiger partial charge in [0.1, 0.15) is 0 Å². The Morgan fingerprint density at radius 2 is 1.78 bits per heavy atom. The quantitative estimate of drug-likeness (QED) is 0.633. The van der Waals surface area contributed by atoms with E-state index in [-0.39, 0.29) is 6.54 Å². The van der Waals surface area contributed by atoms with Crippen molar-refractivity contribution in [2.75, 3.05) is 19.9 Å². The van der Waals surface area contributed by atoms with Gasteiger partial charge in [-0.3, -0.25) is 4.98 Å². The fourth-order valence-corrected chi connectivity index (χ4v) is 4.81. The summed E-state index contributed by atoms with van der Waals surface area (Å²) in [6, 6.07) is 7.96. The maximum absolute atomic E-state index is 12.9.